The number of anilines is 1. The number of tetrazole rings is 1. The van der Waals surface area contributed by atoms with Gasteiger partial charge in [-0.1, -0.05) is 29.3 Å². The standard InChI is InChI=1S/C22H18ClN9O/c1-13-3-6-16(7-4-13)32-14(2)18(12-24-32)22(33)25-20-9-10-31(28-20)19-8-5-15(23)11-17(19)21-26-29-30-27-21/h3-12H,1-2H3,(H,25,28,33)(H,26,27,29,30). The maximum Gasteiger partial charge on any atom is 0.260 e. The van der Waals surface area contributed by atoms with Gasteiger partial charge in [0.1, 0.15) is 0 Å². The Balaban J connectivity index is 1.40. The molecule has 3 aromatic heterocycles. The molecule has 2 N–H and O–H groups in total. The van der Waals surface area contributed by atoms with Crippen LogP contribution in [0, 0.1) is 13.8 Å². The monoisotopic (exact) mass is 459 g/mol. The molecule has 10 nitrogen and oxygen atoms in total. The normalized spacial score (nSPS) is 11.0. The number of nitrogens with zero attached hydrogens (tertiary/aromatic N) is 7. The van der Waals surface area contributed by atoms with Crippen LogP contribution < -0.4 is 5.32 Å². The van der Waals surface area contributed by atoms with E-state index in [0.717, 1.165) is 16.9 Å². The summed E-state index contributed by atoms with van der Waals surface area (Å²) in [5.74, 6) is 0.467. The van der Waals surface area contributed by atoms with Crippen molar-refractivity contribution < 1.29 is 4.79 Å². The summed E-state index contributed by atoms with van der Waals surface area (Å²) in [6.07, 6.45) is 3.28. The summed E-state index contributed by atoms with van der Waals surface area (Å²) in [4.78, 5) is 12.9. The van der Waals surface area contributed by atoms with Crippen LogP contribution in [0.3, 0.4) is 0 Å². The molecular formula is C22H18ClN9O. The number of aryl methyl sites for hydroxylation is 1. The summed E-state index contributed by atoms with van der Waals surface area (Å²) >= 11 is 6.15. The summed E-state index contributed by atoms with van der Waals surface area (Å²) in [5, 5.41) is 26.3. The zero-order chi connectivity index (χ0) is 22.9. The molecule has 0 saturated carbocycles. The van der Waals surface area contributed by atoms with Gasteiger partial charge in [-0.15, -0.1) is 10.2 Å². The number of nitrogens with one attached hydrogen (secondary N) is 2. The number of benzene rings is 2. The maximum absolute atomic E-state index is 12.9. The summed E-state index contributed by atoms with van der Waals surface area (Å²) in [6, 6.07) is 14.9. The number of carbonyl (C=O) groups is 1. The molecule has 5 rings (SSSR count). The van der Waals surface area contributed by atoms with Gasteiger partial charge in [0.25, 0.3) is 5.91 Å². The fraction of sp³-hybridized carbons (Fsp3) is 0.0909. The Morgan fingerprint density at radius 3 is 2.67 bits per heavy atom. The van der Waals surface area contributed by atoms with Crippen molar-refractivity contribution in [2.75, 3.05) is 5.32 Å². The highest BCUT2D eigenvalue weighted by Gasteiger charge is 2.18. The molecule has 0 saturated heterocycles. The molecule has 0 unspecified atom stereocenters. The molecule has 2 aromatic carbocycles. The quantitative estimate of drug-likeness (QED) is 0.413. The van der Waals surface area contributed by atoms with Crippen molar-refractivity contribution in [3.8, 4) is 22.8 Å². The van der Waals surface area contributed by atoms with Crippen LogP contribution in [-0.4, -0.2) is 46.1 Å². The molecule has 0 bridgehead atoms. The van der Waals surface area contributed by atoms with Crippen molar-refractivity contribution >= 4 is 23.3 Å². The average Bonchev–Trinajstić information content (AvgIpc) is 3.56. The first-order valence-electron chi connectivity index (χ1n) is 10.0. The van der Waals surface area contributed by atoms with E-state index in [2.05, 4.69) is 36.1 Å². The number of carbonyl (C=O) groups excluding carboxylic acids is 1. The fourth-order valence-corrected chi connectivity index (χ4v) is 3.62. The molecule has 0 spiro atoms. The predicted octanol–water partition coefficient (Wildman–Crippen LogP) is 3.76. The van der Waals surface area contributed by atoms with Crippen molar-refractivity contribution in [3.05, 3.63) is 82.8 Å². The Morgan fingerprint density at radius 1 is 1.09 bits per heavy atom. The van der Waals surface area contributed by atoms with Crippen LogP contribution in [0.1, 0.15) is 21.6 Å². The van der Waals surface area contributed by atoms with Gasteiger partial charge in [0.05, 0.1) is 34.4 Å². The number of rotatable bonds is 5. The van der Waals surface area contributed by atoms with E-state index in [1.807, 2.05) is 38.1 Å². The van der Waals surface area contributed by atoms with E-state index in [0.29, 0.717) is 33.5 Å². The molecule has 0 aliphatic rings. The smallest absolute Gasteiger partial charge is 0.260 e. The van der Waals surface area contributed by atoms with E-state index in [-0.39, 0.29) is 5.91 Å². The Kier molecular flexibility index (Phi) is 5.19. The van der Waals surface area contributed by atoms with Gasteiger partial charge in [0.2, 0.25) is 5.82 Å². The Morgan fingerprint density at radius 2 is 1.91 bits per heavy atom. The number of aromatic amines is 1. The van der Waals surface area contributed by atoms with Crippen molar-refractivity contribution in [2.24, 2.45) is 0 Å². The first-order chi connectivity index (χ1) is 16.0. The Hall–Kier alpha value is -4.31. The van der Waals surface area contributed by atoms with Gasteiger partial charge in [-0.2, -0.15) is 15.4 Å². The lowest BCUT2D eigenvalue weighted by atomic mass is 10.1. The van der Waals surface area contributed by atoms with Gasteiger partial charge < -0.3 is 5.32 Å². The van der Waals surface area contributed by atoms with E-state index < -0.39 is 0 Å². The van der Waals surface area contributed by atoms with E-state index in [9.17, 15) is 4.79 Å². The van der Waals surface area contributed by atoms with E-state index in [1.165, 1.54) is 0 Å². The van der Waals surface area contributed by atoms with Crippen molar-refractivity contribution in [1.29, 1.82) is 0 Å². The zero-order valence-corrected chi connectivity index (χ0v) is 18.4. The number of amides is 1. The Labute approximate surface area is 193 Å². The van der Waals surface area contributed by atoms with Crippen LogP contribution >= 0.6 is 11.6 Å². The van der Waals surface area contributed by atoms with Crippen molar-refractivity contribution in [2.45, 2.75) is 13.8 Å². The van der Waals surface area contributed by atoms with Crippen LogP contribution in [0.5, 0.6) is 0 Å². The van der Waals surface area contributed by atoms with Gasteiger partial charge in [-0.3, -0.25) is 4.79 Å². The third kappa shape index (κ3) is 3.99. The highest BCUT2D eigenvalue weighted by molar-refractivity contribution is 6.31. The molecule has 1 amide bonds. The SMILES string of the molecule is Cc1ccc(-n2ncc(C(=O)Nc3ccn(-c4ccc(Cl)cc4-c4nn[nH]n4)n3)c2C)cc1. The number of aromatic nitrogens is 8. The molecule has 0 atom stereocenters. The molecule has 0 radical (unpaired) electrons. The van der Waals surface area contributed by atoms with Crippen LogP contribution in [0.4, 0.5) is 5.82 Å². The van der Waals surface area contributed by atoms with Crippen LogP contribution in [0.25, 0.3) is 22.8 Å². The third-order valence-corrected chi connectivity index (χ3v) is 5.39. The lowest BCUT2D eigenvalue weighted by Gasteiger charge is -2.07. The molecule has 164 valence electrons. The van der Waals surface area contributed by atoms with Gasteiger partial charge in [-0.05, 0) is 49.4 Å². The molecule has 11 heteroatoms. The van der Waals surface area contributed by atoms with Gasteiger partial charge in [0.15, 0.2) is 5.82 Å². The summed E-state index contributed by atoms with van der Waals surface area (Å²) in [7, 11) is 0. The van der Waals surface area contributed by atoms with Crippen molar-refractivity contribution in [3.63, 3.8) is 0 Å². The zero-order valence-electron chi connectivity index (χ0n) is 17.7. The highest BCUT2D eigenvalue weighted by atomic mass is 35.5. The number of H-pyrrole nitrogens is 1. The molecule has 5 aromatic rings. The van der Waals surface area contributed by atoms with E-state index >= 15 is 0 Å². The summed E-state index contributed by atoms with van der Waals surface area (Å²) in [5.41, 5.74) is 4.56. The van der Waals surface area contributed by atoms with Gasteiger partial charge >= 0.3 is 0 Å². The van der Waals surface area contributed by atoms with Crippen molar-refractivity contribution in [1.82, 2.24) is 40.2 Å². The number of hydrogen-bond acceptors (Lipinski definition) is 6. The second-order valence-electron chi connectivity index (χ2n) is 7.39. The minimum absolute atomic E-state index is 0.300. The average molecular weight is 460 g/mol. The molecule has 0 aliphatic carbocycles. The lowest BCUT2D eigenvalue weighted by molar-refractivity contribution is 0.102. The Bertz CT molecular complexity index is 1440. The fourth-order valence-electron chi connectivity index (χ4n) is 3.45. The minimum atomic E-state index is -0.300. The maximum atomic E-state index is 12.9. The molecule has 0 fully saturated rings. The van der Waals surface area contributed by atoms with E-state index in [4.69, 9.17) is 11.6 Å². The molecule has 33 heavy (non-hydrogen) atoms. The number of halogens is 1. The minimum Gasteiger partial charge on any atom is -0.305 e. The van der Waals surface area contributed by atoms with Crippen LogP contribution in [-0.2, 0) is 0 Å². The van der Waals surface area contributed by atoms with Gasteiger partial charge in [-0.25, -0.2) is 9.36 Å². The predicted molar refractivity (Wildman–Crippen MR) is 123 cm³/mol. The molecule has 3 heterocycles. The largest absolute Gasteiger partial charge is 0.305 e. The summed E-state index contributed by atoms with van der Waals surface area (Å²) < 4.78 is 3.35. The summed E-state index contributed by atoms with van der Waals surface area (Å²) in [6.45, 7) is 3.87. The van der Waals surface area contributed by atoms with Crippen LogP contribution in [0.15, 0.2) is 60.9 Å². The van der Waals surface area contributed by atoms with Gasteiger partial charge in [0, 0.05) is 17.3 Å². The first-order valence-corrected chi connectivity index (χ1v) is 10.4. The van der Waals surface area contributed by atoms with E-state index in [1.54, 1.807) is 46.0 Å². The van der Waals surface area contributed by atoms with Crippen LogP contribution in [0.2, 0.25) is 5.02 Å². The molecular weight excluding hydrogens is 442 g/mol. The second kappa shape index (κ2) is 8.32. The second-order valence-corrected chi connectivity index (χ2v) is 7.82. The highest BCUT2D eigenvalue weighted by Crippen LogP contribution is 2.27. The number of hydrogen-bond donors (Lipinski definition) is 2. The topological polar surface area (TPSA) is 119 Å². The lowest BCUT2D eigenvalue weighted by Crippen LogP contribution is -2.14. The third-order valence-electron chi connectivity index (χ3n) is 5.16. The first kappa shape index (κ1) is 20.6. The molecule has 0 aliphatic heterocycles.